The van der Waals surface area contributed by atoms with Crippen LogP contribution in [0.2, 0.25) is 0 Å². The second kappa shape index (κ2) is 10.7. The summed E-state index contributed by atoms with van der Waals surface area (Å²) in [6.07, 6.45) is 0.371. The molecule has 2 rings (SSSR count). The molecule has 1 heterocycles. The Hall–Kier alpha value is -2.80. The van der Waals surface area contributed by atoms with Crippen LogP contribution in [-0.4, -0.2) is 47.7 Å². The van der Waals surface area contributed by atoms with E-state index in [4.69, 9.17) is 9.47 Å². The first-order valence-corrected chi connectivity index (χ1v) is 9.76. The normalized spacial score (nSPS) is 11.3. The molecule has 0 unspecified atom stereocenters. The highest BCUT2D eigenvalue weighted by Crippen LogP contribution is 2.12. The molecular weight excluding hydrogens is 370 g/mol. The lowest BCUT2D eigenvalue weighted by Crippen LogP contribution is -2.34. The van der Waals surface area contributed by atoms with Crippen LogP contribution in [0.3, 0.4) is 0 Å². The third-order valence-electron chi connectivity index (χ3n) is 4.11. The van der Waals surface area contributed by atoms with Crippen molar-refractivity contribution in [3.05, 3.63) is 59.4 Å². The maximum Gasteiger partial charge on any atom is 0.407 e. The number of carbonyl (C=O) groups is 2. The fraction of sp³-hybridized carbons (Fsp3) is 0.455. The summed E-state index contributed by atoms with van der Waals surface area (Å²) < 4.78 is 10.0. The first-order chi connectivity index (χ1) is 13.8. The SMILES string of the molecule is COC(=O)c1ccc(CN(CCCNC(=O)OC(C)(C)C)Cc2ccccc2)[nH]1. The Bertz CT molecular complexity index is 781. The van der Waals surface area contributed by atoms with Crippen molar-refractivity contribution in [3.8, 4) is 0 Å². The van der Waals surface area contributed by atoms with Crippen LogP contribution < -0.4 is 5.32 Å². The van der Waals surface area contributed by atoms with E-state index in [1.165, 1.54) is 12.7 Å². The van der Waals surface area contributed by atoms with Gasteiger partial charge in [-0.3, -0.25) is 4.90 Å². The fourth-order valence-corrected chi connectivity index (χ4v) is 2.87. The lowest BCUT2D eigenvalue weighted by atomic mass is 10.2. The zero-order valence-electron chi connectivity index (χ0n) is 17.7. The van der Waals surface area contributed by atoms with Crippen LogP contribution in [-0.2, 0) is 22.6 Å². The van der Waals surface area contributed by atoms with Gasteiger partial charge in [-0.05, 0) is 44.9 Å². The Kier molecular flexibility index (Phi) is 8.27. The van der Waals surface area contributed by atoms with Crippen molar-refractivity contribution in [2.24, 2.45) is 0 Å². The number of amides is 1. The molecule has 0 aliphatic rings. The second-order valence-electron chi connectivity index (χ2n) is 7.87. The molecule has 0 aliphatic carbocycles. The summed E-state index contributed by atoms with van der Waals surface area (Å²) >= 11 is 0. The summed E-state index contributed by atoms with van der Waals surface area (Å²) in [6.45, 7) is 8.24. The van der Waals surface area contributed by atoms with Gasteiger partial charge in [0.05, 0.1) is 7.11 Å². The molecule has 2 aromatic rings. The van der Waals surface area contributed by atoms with E-state index in [-0.39, 0.29) is 5.97 Å². The molecule has 7 nitrogen and oxygen atoms in total. The van der Waals surface area contributed by atoms with Crippen molar-refractivity contribution in [2.45, 2.75) is 45.9 Å². The molecule has 0 spiro atoms. The highest BCUT2D eigenvalue weighted by atomic mass is 16.6. The highest BCUT2D eigenvalue weighted by molar-refractivity contribution is 5.87. The maximum absolute atomic E-state index is 11.8. The topological polar surface area (TPSA) is 83.7 Å². The van der Waals surface area contributed by atoms with E-state index in [2.05, 4.69) is 27.3 Å². The van der Waals surface area contributed by atoms with Gasteiger partial charge in [0, 0.05) is 31.9 Å². The van der Waals surface area contributed by atoms with Crippen molar-refractivity contribution in [1.82, 2.24) is 15.2 Å². The van der Waals surface area contributed by atoms with Crippen molar-refractivity contribution >= 4 is 12.1 Å². The summed E-state index contributed by atoms with van der Waals surface area (Å²) in [6, 6.07) is 13.8. The molecule has 0 atom stereocenters. The van der Waals surface area contributed by atoms with Crippen LogP contribution in [0.15, 0.2) is 42.5 Å². The number of alkyl carbamates (subject to hydrolysis) is 1. The number of aromatic nitrogens is 1. The molecule has 0 bridgehead atoms. The first-order valence-electron chi connectivity index (χ1n) is 9.76. The van der Waals surface area contributed by atoms with Gasteiger partial charge in [-0.2, -0.15) is 0 Å². The van der Waals surface area contributed by atoms with E-state index < -0.39 is 11.7 Å². The molecule has 29 heavy (non-hydrogen) atoms. The van der Waals surface area contributed by atoms with Gasteiger partial charge < -0.3 is 19.8 Å². The van der Waals surface area contributed by atoms with E-state index in [0.717, 1.165) is 25.2 Å². The van der Waals surface area contributed by atoms with Crippen LogP contribution >= 0.6 is 0 Å². The molecule has 1 aromatic heterocycles. The zero-order chi connectivity index (χ0) is 21.3. The van der Waals surface area contributed by atoms with Crippen LogP contribution in [0.4, 0.5) is 4.79 Å². The van der Waals surface area contributed by atoms with Gasteiger partial charge in [-0.1, -0.05) is 30.3 Å². The van der Waals surface area contributed by atoms with E-state index in [1.54, 1.807) is 6.07 Å². The van der Waals surface area contributed by atoms with Gasteiger partial charge in [0.1, 0.15) is 11.3 Å². The smallest absolute Gasteiger partial charge is 0.407 e. The summed E-state index contributed by atoms with van der Waals surface area (Å²) in [5.41, 5.74) is 2.07. The van der Waals surface area contributed by atoms with Gasteiger partial charge >= 0.3 is 12.1 Å². The zero-order valence-corrected chi connectivity index (χ0v) is 17.7. The van der Waals surface area contributed by atoms with Gasteiger partial charge in [0.25, 0.3) is 0 Å². The highest BCUT2D eigenvalue weighted by Gasteiger charge is 2.16. The number of H-pyrrole nitrogens is 1. The van der Waals surface area contributed by atoms with E-state index in [9.17, 15) is 9.59 Å². The number of esters is 1. The molecule has 0 radical (unpaired) electrons. The Morgan fingerprint density at radius 2 is 1.79 bits per heavy atom. The minimum absolute atomic E-state index is 0.382. The molecule has 0 fully saturated rings. The average Bonchev–Trinajstić information content (AvgIpc) is 3.12. The van der Waals surface area contributed by atoms with Gasteiger partial charge in [0.2, 0.25) is 0 Å². The Labute approximate surface area is 172 Å². The molecule has 0 saturated heterocycles. The minimum atomic E-state index is -0.506. The molecular formula is C22H31N3O4. The number of aromatic amines is 1. The van der Waals surface area contributed by atoms with Gasteiger partial charge in [-0.15, -0.1) is 0 Å². The standard InChI is InChI=1S/C22H31N3O4/c1-22(2,3)29-21(27)23-13-8-14-25(15-17-9-6-5-7-10-17)16-18-11-12-19(24-18)20(26)28-4/h5-7,9-12,24H,8,13-16H2,1-4H3,(H,23,27). The predicted octanol–water partition coefficient (Wildman–Crippen LogP) is 3.72. The lowest BCUT2D eigenvalue weighted by molar-refractivity contribution is 0.0524. The third kappa shape index (κ3) is 8.39. The molecule has 158 valence electrons. The summed E-state index contributed by atoms with van der Waals surface area (Å²) in [5, 5.41) is 2.79. The number of nitrogens with one attached hydrogen (secondary N) is 2. The van der Waals surface area contributed by atoms with Gasteiger partial charge in [0.15, 0.2) is 0 Å². The summed E-state index contributed by atoms with van der Waals surface area (Å²) in [7, 11) is 1.36. The molecule has 1 amide bonds. The number of methoxy groups -OCH3 is 1. The van der Waals surface area contributed by atoms with E-state index in [0.29, 0.717) is 18.8 Å². The third-order valence-corrected chi connectivity index (χ3v) is 4.11. The number of nitrogens with zero attached hydrogens (tertiary/aromatic N) is 1. The fourth-order valence-electron chi connectivity index (χ4n) is 2.87. The Balaban J connectivity index is 1.92. The van der Waals surface area contributed by atoms with E-state index >= 15 is 0 Å². The number of hydrogen-bond donors (Lipinski definition) is 2. The predicted molar refractivity (Wildman–Crippen MR) is 112 cm³/mol. The molecule has 7 heteroatoms. The summed E-state index contributed by atoms with van der Waals surface area (Å²) in [5.74, 6) is -0.382. The minimum Gasteiger partial charge on any atom is -0.464 e. The molecule has 1 aromatic carbocycles. The first kappa shape index (κ1) is 22.5. The number of hydrogen-bond acceptors (Lipinski definition) is 5. The summed E-state index contributed by atoms with van der Waals surface area (Å²) in [4.78, 5) is 28.8. The van der Waals surface area contributed by atoms with Crippen molar-refractivity contribution in [1.29, 1.82) is 0 Å². The number of rotatable bonds is 9. The monoisotopic (exact) mass is 401 g/mol. The number of ether oxygens (including phenoxy) is 2. The number of carbonyl (C=O) groups excluding carboxylic acids is 2. The maximum atomic E-state index is 11.8. The lowest BCUT2D eigenvalue weighted by Gasteiger charge is -2.23. The van der Waals surface area contributed by atoms with E-state index in [1.807, 2.05) is 45.0 Å². The molecule has 2 N–H and O–H groups in total. The van der Waals surface area contributed by atoms with Crippen molar-refractivity contribution in [3.63, 3.8) is 0 Å². The van der Waals surface area contributed by atoms with Crippen LogP contribution in [0.1, 0.15) is 48.9 Å². The second-order valence-corrected chi connectivity index (χ2v) is 7.87. The largest absolute Gasteiger partial charge is 0.464 e. The van der Waals surface area contributed by atoms with Crippen LogP contribution in [0.25, 0.3) is 0 Å². The Morgan fingerprint density at radius 1 is 1.07 bits per heavy atom. The average molecular weight is 402 g/mol. The van der Waals surface area contributed by atoms with Gasteiger partial charge in [-0.25, -0.2) is 9.59 Å². The van der Waals surface area contributed by atoms with Crippen LogP contribution in [0.5, 0.6) is 0 Å². The number of benzene rings is 1. The van der Waals surface area contributed by atoms with Crippen molar-refractivity contribution in [2.75, 3.05) is 20.2 Å². The molecule has 0 aliphatic heterocycles. The van der Waals surface area contributed by atoms with Crippen molar-refractivity contribution < 1.29 is 19.1 Å². The van der Waals surface area contributed by atoms with Crippen LogP contribution in [0, 0.1) is 0 Å². The molecule has 0 saturated carbocycles. The quantitative estimate of drug-likeness (QED) is 0.494. The Morgan fingerprint density at radius 3 is 2.45 bits per heavy atom.